The Balaban J connectivity index is 1.24. The molecule has 7 nitrogen and oxygen atoms in total. The highest BCUT2D eigenvalue weighted by Gasteiger charge is 2.35. The number of benzene rings is 3. The molecule has 2 aliphatic rings. The Morgan fingerprint density at radius 1 is 0.895 bits per heavy atom. The standard InChI is InChI=1S/C30H28FN5O2/c1-21-28(30(37)35-19-17-34(18-20-35)24-11-9-23(31)10-12-24)29(36-27(33-21)15-16-32-36)22-7-13-26(14-8-22)38-25-5-3-2-4-6-25/h2-16,29,33H,17-20H2,1H3. The van der Waals surface area contributed by atoms with Crippen molar-refractivity contribution < 1.29 is 13.9 Å². The molecule has 1 unspecified atom stereocenters. The lowest BCUT2D eigenvalue weighted by Crippen LogP contribution is -2.50. The highest BCUT2D eigenvalue weighted by atomic mass is 19.1. The van der Waals surface area contributed by atoms with Crippen LogP contribution >= 0.6 is 0 Å². The molecule has 0 bridgehead atoms. The van der Waals surface area contributed by atoms with E-state index in [2.05, 4.69) is 15.3 Å². The molecule has 1 saturated heterocycles. The minimum Gasteiger partial charge on any atom is -0.457 e. The number of halogens is 1. The van der Waals surface area contributed by atoms with Crippen LogP contribution in [0.4, 0.5) is 15.9 Å². The molecule has 1 aromatic heterocycles. The molecular weight excluding hydrogens is 481 g/mol. The van der Waals surface area contributed by atoms with Gasteiger partial charge in [0.2, 0.25) is 0 Å². The summed E-state index contributed by atoms with van der Waals surface area (Å²) >= 11 is 0. The first kappa shape index (κ1) is 23.8. The maximum atomic E-state index is 14.0. The molecule has 1 N–H and O–H groups in total. The Morgan fingerprint density at radius 2 is 1.58 bits per heavy atom. The van der Waals surface area contributed by atoms with Gasteiger partial charge in [-0.05, 0) is 61.0 Å². The van der Waals surface area contributed by atoms with Gasteiger partial charge < -0.3 is 19.9 Å². The van der Waals surface area contributed by atoms with E-state index in [0.717, 1.165) is 34.3 Å². The van der Waals surface area contributed by atoms with Gasteiger partial charge >= 0.3 is 0 Å². The zero-order chi connectivity index (χ0) is 26.1. The van der Waals surface area contributed by atoms with Crippen LogP contribution in [0.1, 0.15) is 18.5 Å². The Morgan fingerprint density at radius 3 is 2.29 bits per heavy atom. The predicted octanol–water partition coefficient (Wildman–Crippen LogP) is 5.45. The Hall–Kier alpha value is -4.59. The molecule has 0 radical (unpaired) electrons. The summed E-state index contributed by atoms with van der Waals surface area (Å²) in [5.41, 5.74) is 3.40. The van der Waals surface area contributed by atoms with E-state index in [1.807, 2.05) is 77.2 Å². The number of anilines is 2. The van der Waals surface area contributed by atoms with Gasteiger partial charge in [0.1, 0.15) is 29.2 Å². The minimum absolute atomic E-state index is 0.00971. The number of nitrogens with zero attached hydrogens (tertiary/aromatic N) is 4. The summed E-state index contributed by atoms with van der Waals surface area (Å²) < 4.78 is 21.2. The summed E-state index contributed by atoms with van der Waals surface area (Å²) in [5.74, 6) is 2.07. The molecule has 0 spiro atoms. The van der Waals surface area contributed by atoms with E-state index in [4.69, 9.17) is 4.74 Å². The zero-order valence-electron chi connectivity index (χ0n) is 21.0. The molecule has 1 fully saturated rings. The molecule has 192 valence electrons. The van der Waals surface area contributed by atoms with Crippen LogP contribution in [0.5, 0.6) is 11.5 Å². The van der Waals surface area contributed by atoms with Crippen molar-refractivity contribution in [3.63, 3.8) is 0 Å². The Labute approximate surface area is 220 Å². The molecule has 8 heteroatoms. The molecular formula is C30H28FN5O2. The lowest BCUT2D eigenvalue weighted by Gasteiger charge is -2.38. The van der Waals surface area contributed by atoms with Crippen molar-refractivity contribution in [1.29, 1.82) is 0 Å². The highest BCUT2D eigenvalue weighted by molar-refractivity contribution is 5.97. The normalized spacial score (nSPS) is 17.2. The number of carbonyl (C=O) groups excluding carboxylic acids is 1. The Kier molecular flexibility index (Phi) is 6.29. The average molecular weight is 510 g/mol. The number of hydrogen-bond donors (Lipinski definition) is 1. The molecule has 1 amide bonds. The van der Waals surface area contributed by atoms with Crippen molar-refractivity contribution in [2.24, 2.45) is 0 Å². The average Bonchev–Trinajstić information content (AvgIpc) is 3.42. The Bertz CT molecular complexity index is 1460. The number of piperazine rings is 1. The van der Waals surface area contributed by atoms with Crippen LogP contribution in [0, 0.1) is 5.82 Å². The van der Waals surface area contributed by atoms with Crippen molar-refractivity contribution in [1.82, 2.24) is 14.7 Å². The van der Waals surface area contributed by atoms with Crippen molar-refractivity contribution in [2.45, 2.75) is 13.0 Å². The van der Waals surface area contributed by atoms with E-state index in [1.165, 1.54) is 12.1 Å². The van der Waals surface area contributed by atoms with Crippen LogP contribution in [-0.2, 0) is 4.79 Å². The molecule has 38 heavy (non-hydrogen) atoms. The fraction of sp³-hybridized carbons (Fsp3) is 0.200. The van der Waals surface area contributed by atoms with Gasteiger partial charge in [0, 0.05) is 43.6 Å². The summed E-state index contributed by atoms with van der Waals surface area (Å²) in [5, 5.41) is 7.91. The number of carbonyl (C=O) groups is 1. The van der Waals surface area contributed by atoms with Gasteiger partial charge in [0.05, 0.1) is 11.8 Å². The monoisotopic (exact) mass is 509 g/mol. The summed E-state index contributed by atoms with van der Waals surface area (Å²) in [7, 11) is 0. The number of aromatic nitrogens is 2. The quantitative estimate of drug-likeness (QED) is 0.388. The summed E-state index contributed by atoms with van der Waals surface area (Å²) in [6.07, 6.45) is 1.74. The zero-order valence-corrected chi connectivity index (χ0v) is 21.0. The third kappa shape index (κ3) is 4.61. The van der Waals surface area contributed by atoms with Gasteiger partial charge in [-0.15, -0.1) is 0 Å². The summed E-state index contributed by atoms with van der Waals surface area (Å²) in [4.78, 5) is 18.0. The first-order valence-electron chi connectivity index (χ1n) is 12.7. The van der Waals surface area contributed by atoms with E-state index in [-0.39, 0.29) is 17.8 Å². The minimum atomic E-state index is -0.366. The molecule has 0 saturated carbocycles. The topological polar surface area (TPSA) is 62.6 Å². The molecule has 0 aliphatic carbocycles. The number of ether oxygens (including phenoxy) is 1. The van der Waals surface area contributed by atoms with Crippen LogP contribution in [0.25, 0.3) is 0 Å². The summed E-state index contributed by atoms with van der Waals surface area (Å²) in [6, 6.07) is 25.5. The first-order valence-corrected chi connectivity index (χ1v) is 12.7. The summed E-state index contributed by atoms with van der Waals surface area (Å²) in [6.45, 7) is 4.46. The maximum absolute atomic E-state index is 14.0. The first-order chi connectivity index (χ1) is 18.6. The van der Waals surface area contributed by atoms with Crippen molar-refractivity contribution in [3.8, 4) is 11.5 Å². The lowest BCUT2D eigenvalue weighted by atomic mass is 9.94. The maximum Gasteiger partial charge on any atom is 0.254 e. The lowest BCUT2D eigenvalue weighted by molar-refractivity contribution is -0.128. The number of fused-ring (bicyclic) bond motifs is 1. The number of amides is 1. The van der Waals surface area contributed by atoms with Crippen molar-refractivity contribution in [3.05, 3.63) is 114 Å². The second kappa shape index (κ2) is 10.0. The van der Waals surface area contributed by atoms with Crippen LogP contribution in [0.3, 0.4) is 0 Å². The molecule has 3 heterocycles. The smallest absolute Gasteiger partial charge is 0.254 e. The van der Waals surface area contributed by atoms with Crippen LogP contribution in [0.15, 0.2) is 102 Å². The number of para-hydroxylation sites is 1. The number of nitrogens with one attached hydrogen (secondary N) is 1. The van der Waals surface area contributed by atoms with E-state index in [0.29, 0.717) is 31.8 Å². The van der Waals surface area contributed by atoms with E-state index in [1.54, 1.807) is 18.3 Å². The molecule has 3 aromatic carbocycles. The second-order valence-electron chi connectivity index (χ2n) is 9.47. The van der Waals surface area contributed by atoms with Crippen LogP contribution in [-0.4, -0.2) is 46.8 Å². The van der Waals surface area contributed by atoms with Gasteiger partial charge in [0.25, 0.3) is 5.91 Å². The van der Waals surface area contributed by atoms with E-state index >= 15 is 0 Å². The third-order valence-corrected chi connectivity index (χ3v) is 7.07. The van der Waals surface area contributed by atoms with Gasteiger partial charge in [-0.2, -0.15) is 5.10 Å². The molecule has 6 rings (SSSR count). The predicted molar refractivity (Wildman–Crippen MR) is 145 cm³/mol. The van der Waals surface area contributed by atoms with E-state index in [9.17, 15) is 9.18 Å². The van der Waals surface area contributed by atoms with Gasteiger partial charge in [-0.1, -0.05) is 30.3 Å². The third-order valence-electron chi connectivity index (χ3n) is 7.07. The van der Waals surface area contributed by atoms with Gasteiger partial charge in [-0.25, -0.2) is 9.07 Å². The van der Waals surface area contributed by atoms with E-state index < -0.39 is 0 Å². The van der Waals surface area contributed by atoms with Crippen LogP contribution < -0.4 is 15.0 Å². The second-order valence-corrected chi connectivity index (χ2v) is 9.47. The number of allylic oxidation sites excluding steroid dienone is 1. The number of hydrogen-bond acceptors (Lipinski definition) is 5. The van der Waals surface area contributed by atoms with Gasteiger partial charge in [0.15, 0.2) is 0 Å². The van der Waals surface area contributed by atoms with Gasteiger partial charge in [-0.3, -0.25) is 4.79 Å². The molecule has 1 atom stereocenters. The molecule has 2 aliphatic heterocycles. The largest absolute Gasteiger partial charge is 0.457 e. The highest BCUT2D eigenvalue weighted by Crippen LogP contribution is 2.37. The van der Waals surface area contributed by atoms with Crippen molar-refractivity contribution >= 4 is 17.4 Å². The fourth-order valence-electron chi connectivity index (χ4n) is 5.12. The molecule has 4 aromatic rings. The fourth-order valence-corrected chi connectivity index (χ4v) is 5.12. The number of rotatable bonds is 5. The van der Waals surface area contributed by atoms with Crippen LogP contribution in [0.2, 0.25) is 0 Å². The SMILES string of the molecule is CC1=C(C(=O)N2CCN(c3ccc(F)cc3)CC2)C(c2ccc(Oc3ccccc3)cc2)n2nccc2N1. The van der Waals surface area contributed by atoms with Crippen molar-refractivity contribution in [2.75, 3.05) is 36.4 Å².